The highest BCUT2D eigenvalue weighted by Crippen LogP contribution is 2.22. The van der Waals surface area contributed by atoms with Crippen molar-refractivity contribution in [2.24, 2.45) is 0 Å². The molecule has 7 heteroatoms. The van der Waals surface area contributed by atoms with Crippen LogP contribution in [-0.2, 0) is 4.79 Å². The first-order valence-electron chi connectivity index (χ1n) is 7.20. The highest BCUT2D eigenvalue weighted by Gasteiger charge is 2.13. The fraction of sp³-hybridized carbons (Fsp3) is 0.176. The number of nitrogens with one attached hydrogen (secondary N) is 1. The number of halogens is 1. The van der Waals surface area contributed by atoms with Crippen LogP contribution in [0.4, 0.5) is 15.8 Å². The molecule has 0 spiro atoms. The Kier molecular flexibility index (Phi) is 5.36. The van der Waals surface area contributed by atoms with Crippen molar-refractivity contribution in [3.8, 4) is 0 Å². The van der Waals surface area contributed by atoms with Crippen molar-refractivity contribution >= 4 is 23.1 Å². The molecule has 0 saturated heterocycles. The van der Waals surface area contributed by atoms with E-state index in [1.807, 2.05) is 0 Å². The lowest BCUT2D eigenvalue weighted by molar-refractivity contribution is -0.384. The van der Waals surface area contributed by atoms with Crippen molar-refractivity contribution in [2.75, 3.05) is 5.32 Å². The molecule has 0 atom stereocenters. The molecule has 0 fully saturated rings. The monoisotopic (exact) mass is 330 g/mol. The zero-order valence-corrected chi connectivity index (χ0v) is 12.9. The SMILES string of the molecule is Cc1ccc([N+](=O)[O-])cc1NC(=O)CCC(=O)c1ccc(F)cc1. The molecule has 0 aliphatic carbocycles. The van der Waals surface area contributed by atoms with E-state index < -0.39 is 16.6 Å². The molecule has 0 radical (unpaired) electrons. The lowest BCUT2D eigenvalue weighted by Gasteiger charge is -2.08. The van der Waals surface area contributed by atoms with Crippen LogP contribution in [0.3, 0.4) is 0 Å². The van der Waals surface area contributed by atoms with Gasteiger partial charge in [-0.3, -0.25) is 19.7 Å². The normalized spacial score (nSPS) is 10.2. The van der Waals surface area contributed by atoms with Crippen LogP contribution < -0.4 is 5.32 Å². The van der Waals surface area contributed by atoms with Gasteiger partial charge in [0.1, 0.15) is 5.82 Å². The van der Waals surface area contributed by atoms with Crippen LogP contribution in [0.2, 0.25) is 0 Å². The summed E-state index contributed by atoms with van der Waals surface area (Å²) in [6.07, 6.45) is -0.107. The third-order valence-electron chi connectivity index (χ3n) is 3.45. The van der Waals surface area contributed by atoms with Gasteiger partial charge in [0.25, 0.3) is 5.69 Å². The van der Waals surface area contributed by atoms with Gasteiger partial charge >= 0.3 is 0 Å². The molecular weight excluding hydrogens is 315 g/mol. The maximum atomic E-state index is 12.8. The van der Waals surface area contributed by atoms with Gasteiger partial charge in [-0.1, -0.05) is 6.07 Å². The van der Waals surface area contributed by atoms with Crippen molar-refractivity contribution in [1.29, 1.82) is 0 Å². The highest BCUT2D eigenvalue weighted by atomic mass is 19.1. The van der Waals surface area contributed by atoms with Gasteiger partial charge in [-0.05, 0) is 36.8 Å². The minimum absolute atomic E-state index is 0.0363. The van der Waals surface area contributed by atoms with Gasteiger partial charge in [-0.25, -0.2) is 4.39 Å². The number of nitrogens with zero attached hydrogens (tertiary/aromatic N) is 1. The molecule has 1 N–H and O–H groups in total. The maximum Gasteiger partial charge on any atom is 0.271 e. The topological polar surface area (TPSA) is 89.3 Å². The first-order valence-corrected chi connectivity index (χ1v) is 7.20. The number of non-ortho nitro benzene ring substituents is 1. The van der Waals surface area contributed by atoms with Gasteiger partial charge in [0.2, 0.25) is 5.91 Å². The van der Waals surface area contributed by atoms with Crippen LogP contribution in [0, 0.1) is 22.9 Å². The average molecular weight is 330 g/mol. The number of amides is 1. The molecule has 0 aromatic heterocycles. The Labute approximate surface area is 137 Å². The van der Waals surface area contributed by atoms with E-state index in [2.05, 4.69) is 5.32 Å². The molecule has 6 nitrogen and oxygen atoms in total. The summed E-state index contributed by atoms with van der Waals surface area (Å²) >= 11 is 0. The number of hydrogen-bond donors (Lipinski definition) is 1. The van der Waals surface area contributed by atoms with Crippen LogP contribution in [0.5, 0.6) is 0 Å². The number of carbonyl (C=O) groups excluding carboxylic acids is 2. The molecule has 0 heterocycles. The number of Topliss-reactive ketones (excluding diaryl/α,β-unsaturated/α-hetero) is 1. The van der Waals surface area contributed by atoms with Crippen LogP contribution in [0.15, 0.2) is 42.5 Å². The van der Waals surface area contributed by atoms with Crippen molar-refractivity contribution < 1.29 is 18.9 Å². The number of ketones is 1. The number of carbonyl (C=O) groups is 2. The Morgan fingerprint density at radius 2 is 1.79 bits per heavy atom. The summed E-state index contributed by atoms with van der Waals surface area (Å²) in [7, 11) is 0. The summed E-state index contributed by atoms with van der Waals surface area (Å²) < 4.78 is 12.8. The van der Waals surface area contributed by atoms with Crippen LogP contribution in [0.25, 0.3) is 0 Å². The van der Waals surface area contributed by atoms with Gasteiger partial charge in [0.15, 0.2) is 5.78 Å². The predicted octanol–water partition coefficient (Wildman–Crippen LogP) is 3.64. The third-order valence-corrected chi connectivity index (χ3v) is 3.45. The Morgan fingerprint density at radius 1 is 1.12 bits per heavy atom. The number of benzene rings is 2. The first kappa shape index (κ1) is 17.3. The smallest absolute Gasteiger partial charge is 0.271 e. The lowest BCUT2D eigenvalue weighted by Crippen LogP contribution is -2.14. The Hall–Kier alpha value is -3.09. The van der Waals surface area contributed by atoms with Crippen molar-refractivity contribution in [3.05, 3.63) is 69.5 Å². The molecule has 124 valence electrons. The Morgan fingerprint density at radius 3 is 2.42 bits per heavy atom. The minimum Gasteiger partial charge on any atom is -0.326 e. The maximum absolute atomic E-state index is 12.8. The van der Waals surface area contributed by atoms with Crippen LogP contribution in [-0.4, -0.2) is 16.6 Å². The molecule has 0 bridgehead atoms. The molecule has 1 amide bonds. The second-order valence-corrected chi connectivity index (χ2v) is 5.23. The van der Waals surface area contributed by atoms with E-state index in [4.69, 9.17) is 0 Å². The van der Waals surface area contributed by atoms with E-state index in [0.717, 1.165) is 0 Å². The summed E-state index contributed by atoms with van der Waals surface area (Å²) in [5.41, 5.74) is 1.22. The van der Waals surface area contributed by atoms with E-state index in [9.17, 15) is 24.1 Å². The molecule has 0 unspecified atom stereocenters. The zero-order valence-electron chi connectivity index (χ0n) is 12.9. The van der Waals surface area contributed by atoms with E-state index >= 15 is 0 Å². The van der Waals surface area contributed by atoms with Crippen molar-refractivity contribution in [3.63, 3.8) is 0 Å². The molecule has 0 aliphatic rings. The van der Waals surface area contributed by atoms with Crippen molar-refractivity contribution in [1.82, 2.24) is 0 Å². The quantitative estimate of drug-likeness (QED) is 0.497. The summed E-state index contributed by atoms with van der Waals surface area (Å²) in [5, 5.41) is 13.3. The Bertz CT molecular complexity index is 788. The molecule has 0 saturated carbocycles. The van der Waals surface area contributed by atoms with Gasteiger partial charge in [0.05, 0.1) is 10.6 Å². The third kappa shape index (κ3) is 4.45. The first-order chi connectivity index (χ1) is 11.4. The summed E-state index contributed by atoms with van der Waals surface area (Å²) in [4.78, 5) is 34.1. The number of anilines is 1. The van der Waals surface area contributed by atoms with Crippen molar-refractivity contribution in [2.45, 2.75) is 19.8 Å². The lowest BCUT2D eigenvalue weighted by atomic mass is 10.1. The van der Waals surface area contributed by atoms with E-state index in [-0.39, 0.29) is 24.3 Å². The van der Waals surface area contributed by atoms with Gasteiger partial charge in [0, 0.05) is 30.5 Å². The number of hydrogen-bond acceptors (Lipinski definition) is 4. The second kappa shape index (κ2) is 7.45. The molecular formula is C17H15FN2O4. The number of rotatable bonds is 6. The molecule has 2 aromatic rings. The predicted molar refractivity (Wildman–Crippen MR) is 86.4 cm³/mol. The van der Waals surface area contributed by atoms with Gasteiger partial charge < -0.3 is 5.32 Å². The molecule has 24 heavy (non-hydrogen) atoms. The minimum atomic E-state index is -0.548. The van der Waals surface area contributed by atoms with Crippen LogP contribution >= 0.6 is 0 Å². The number of nitro groups is 1. The zero-order chi connectivity index (χ0) is 17.7. The number of nitro benzene ring substituents is 1. The van der Waals surface area contributed by atoms with Gasteiger partial charge in [-0.2, -0.15) is 0 Å². The van der Waals surface area contributed by atoms with Gasteiger partial charge in [-0.15, -0.1) is 0 Å². The molecule has 0 aliphatic heterocycles. The summed E-state index contributed by atoms with van der Waals surface area (Å²) in [5.74, 6) is -1.14. The molecule has 2 aromatic carbocycles. The highest BCUT2D eigenvalue weighted by molar-refractivity contribution is 6.00. The van der Waals surface area contributed by atoms with Crippen LogP contribution in [0.1, 0.15) is 28.8 Å². The summed E-state index contributed by atoms with van der Waals surface area (Å²) in [6.45, 7) is 1.71. The average Bonchev–Trinajstić information content (AvgIpc) is 2.55. The number of aryl methyl sites for hydroxylation is 1. The van der Waals surface area contributed by atoms with E-state index in [1.165, 1.54) is 42.5 Å². The standard InChI is InChI=1S/C17H15FN2O4/c1-11-2-7-14(20(23)24)10-15(11)19-17(22)9-8-16(21)12-3-5-13(18)6-4-12/h2-7,10H,8-9H2,1H3,(H,19,22). The summed E-state index contributed by atoms with van der Waals surface area (Å²) in [6, 6.07) is 9.25. The second-order valence-electron chi connectivity index (χ2n) is 5.23. The van der Waals surface area contributed by atoms with E-state index in [0.29, 0.717) is 16.8 Å². The van der Waals surface area contributed by atoms with E-state index in [1.54, 1.807) is 6.92 Å². The molecule has 2 rings (SSSR count). The largest absolute Gasteiger partial charge is 0.326 e. The Balaban J connectivity index is 1.96. The fourth-order valence-corrected chi connectivity index (χ4v) is 2.08. The fourth-order valence-electron chi connectivity index (χ4n) is 2.08.